The van der Waals surface area contributed by atoms with Crippen molar-refractivity contribution in [2.75, 3.05) is 7.11 Å². The smallest absolute Gasteiger partial charge is 0.358 e. The number of thiazole rings is 1. The number of nitrogens with zero attached hydrogens (tertiary/aromatic N) is 1. The molecule has 0 saturated heterocycles. The molecule has 0 radical (unpaired) electrons. The summed E-state index contributed by atoms with van der Waals surface area (Å²) in [7, 11) is 1.22. The van der Waals surface area contributed by atoms with Crippen LogP contribution in [0.5, 0.6) is 0 Å². The van der Waals surface area contributed by atoms with E-state index in [1.807, 2.05) is 0 Å². The number of aromatic nitrogens is 1. The number of hydrogen-bond acceptors (Lipinski definition) is 4. The number of methoxy groups -OCH3 is 1. The number of halogens is 2. The van der Waals surface area contributed by atoms with E-state index in [1.165, 1.54) is 26.2 Å². The SMILES string of the molecule is COC(=O)c1nc(C)sc1-c1ccc(C)c(F)c1F. The summed E-state index contributed by atoms with van der Waals surface area (Å²) in [4.78, 5) is 15.9. The van der Waals surface area contributed by atoms with Gasteiger partial charge in [0.2, 0.25) is 0 Å². The van der Waals surface area contributed by atoms with E-state index in [4.69, 9.17) is 0 Å². The number of carbonyl (C=O) groups excluding carboxylic acids is 1. The summed E-state index contributed by atoms with van der Waals surface area (Å²) >= 11 is 1.12. The Morgan fingerprint density at radius 1 is 1.26 bits per heavy atom. The van der Waals surface area contributed by atoms with Crippen LogP contribution >= 0.6 is 11.3 Å². The maximum Gasteiger partial charge on any atom is 0.358 e. The van der Waals surface area contributed by atoms with Crippen molar-refractivity contribution in [1.29, 1.82) is 0 Å². The predicted octanol–water partition coefficient (Wildman–Crippen LogP) is 3.49. The van der Waals surface area contributed by atoms with Crippen LogP contribution in [0.2, 0.25) is 0 Å². The zero-order valence-corrected chi connectivity index (χ0v) is 11.4. The third-order valence-corrected chi connectivity index (χ3v) is 3.64. The normalized spacial score (nSPS) is 10.6. The topological polar surface area (TPSA) is 39.2 Å². The molecule has 0 amide bonds. The molecule has 0 bridgehead atoms. The summed E-state index contributed by atoms with van der Waals surface area (Å²) in [6, 6.07) is 2.90. The summed E-state index contributed by atoms with van der Waals surface area (Å²) in [5.41, 5.74) is 0.239. The summed E-state index contributed by atoms with van der Waals surface area (Å²) in [5, 5.41) is 0.579. The van der Waals surface area contributed by atoms with Crippen molar-refractivity contribution in [2.45, 2.75) is 13.8 Å². The van der Waals surface area contributed by atoms with E-state index in [0.717, 1.165) is 11.3 Å². The molecular weight excluding hydrogens is 272 g/mol. The highest BCUT2D eigenvalue weighted by Crippen LogP contribution is 2.34. The fraction of sp³-hybridized carbons (Fsp3) is 0.231. The molecule has 2 aromatic rings. The average Bonchev–Trinajstić information content (AvgIpc) is 2.77. The monoisotopic (exact) mass is 283 g/mol. The second kappa shape index (κ2) is 5.05. The molecule has 0 saturated carbocycles. The number of carbonyl (C=O) groups is 1. The first-order chi connectivity index (χ1) is 8.95. The lowest BCUT2D eigenvalue weighted by Gasteiger charge is -2.05. The second-order valence-electron chi connectivity index (χ2n) is 3.96. The Labute approximate surface area is 112 Å². The largest absolute Gasteiger partial charge is 0.464 e. The minimum absolute atomic E-state index is 0.00662. The summed E-state index contributed by atoms with van der Waals surface area (Å²) < 4.78 is 32.1. The Bertz CT molecular complexity index is 652. The highest BCUT2D eigenvalue weighted by Gasteiger charge is 2.23. The third-order valence-electron chi connectivity index (χ3n) is 2.63. The van der Waals surface area contributed by atoms with Crippen molar-refractivity contribution >= 4 is 17.3 Å². The lowest BCUT2D eigenvalue weighted by molar-refractivity contribution is 0.0595. The van der Waals surface area contributed by atoms with Crippen molar-refractivity contribution < 1.29 is 18.3 Å². The highest BCUT2D eigenvalue weighted by molar-refractivity contribution is 7.15. The van der Waals surface area contributed by atoms with Gasteiger partial charge in [0.15, 0.2) is 17.3 Å². The number of benzene rings is 1. The maximum atomic E-state index is 14.0. The van der Waals surface area contributed by atoms with Gasteiger partial charge in [0, 0.05) is 5.56 Å². The second-order valence-corrected chi connectivity index (χ2v) is 5.16. The fourth-order valence-electron chi connectivity index (χ4n) is 1.67. The quantitative estimate of drug-likeness (QED) is 0.792. The van der Waals surface area contributed by atoms with Crippen LogP contribution in [0, 0.1) is 25.5 Å². The lowest BCUT2D eigenvalue weighted by atomic mass is 10.1. The van der Waals surface area contributed by atoms with Crippen molar-refractivity contribution in [1.82, 2.24) is 4.98 Å². The van der Waals surface area contributed by atoms with Gasteiger partial charge in [-0.3, -0.25) is 0 Å². The Kier molecular flexibility index (Phi) is 3.61. The lowest BCUT2D eigenvalue weighted by Crippen LogP contribution is -2.04. The molecule has 1 heterocycles. The van der Waals surface area contributed by atoms with E-state index >= 15 is 0 Å². The van der Waals surface area contributed by atoms with Crippen LogP contribution in [0.25, 0.3) is 10.4 Å². The third kappa shape index (κ3) is 2.35. The molecule has 0 spiro atoms. The summed E-state index contributed by atoms with van der Waals surface area (Å²) in [6.07, 6.45) is 0. The van der Waals surface area contributed by atoms with Gasteiger partial charge in [0.05, 0.1) is 17.0 Å². The van der Waals surface area contributed by atoms with Crippen molar-refractivity contribution in [3.63, 3.8) is 0 Å². The van der Waals surface area contributed by atoms with Crippen LogP contribution in [0.1, 0.15) is 21.1 Å². The summed E-state index contributed by atoms with van der Waals surface area (Å²) in [6.45, 7) is 3.16. The van der Waals surface area contributed by atoms with Gasteiger partial charge < -0.3 is 4.74 Å². The number of ether oxygens (including phenoxy) is 1. The van der Waals surface area contributed by atoms with Crippen LogP contribution < -0.4 is 0 Å². The van der Waals surface area contributed by atoms with Crippen molar-refractivity contribution in [3.8, 4) is 10.4 Å². The molecule has 0 aliphatic heterocycles. The zero-order valence-electron chi connectivity index (χ0n) is 10.6. The number of esters is 1. The van der Waals surface area contributed by atoms with Crippen molar-refractivity contribution in [2.24, 2.45) is 0 Å². The minimum atomic E-state index is -0.978. The highest BCUT2D eigenvalue weighted by atomic mass is 32.1. The van der Waals surface area contributed by atoms with Crippen LogP contribution in [-0.2, 0) is 4.74 Å². The molecule has 2 rings (SSSR count). The van der Waals surface area contributed by atoms with Crippen LogP contribution in [0.4, 0.5) is 8.78 Å². The number of hydrogen-bond donors (Lipinski definition) is 0. The first-order valence-electron chi connectivity index (χ1n) is 5.46. The van der Waals surface area contributed by atoms with Crippen LogP contribution in [0.3, 0.4) is 0 Å². The molecule has 100 valence electrons. The van der Waals surface area contributed by atoms with Gasteiger partial charge in [0.1, 0.15) is 0 Å². The van der Waals surface area contributed by atoms with E-state index in [9.17, 15) is 13.6 Å². The first-order valence-corrected chi connectivity index (χ1v) is 6.28. The van der Waals surface area contributed by atoms with Gasteiger partial charge in [-0.1, -0.05) is 12.1 Å². The van der Waals surface area contributed by atoms with Crippen molar-refractivity contribution in [3.05, 3.63) is 40.0 Å². The molecule has 6 heteroatoms. The molecule has 0 unspecified atom stereocenters. The maximum absolute atomic E-state index is 14.0. The zero-order chi connectivity index (χ0) is 14.2. The van der Waals surface area contributed by atoms with E-state index in [0.29, 0.717) is 5.01 Å². The molecule has 1 aromatic carbocycles. The van der Waals surface area contributed by atoms with Gasteiger partial charge in [-0.05, 0) is 19.4 Å². The van der Waals surface area contributed by atoms with Gasteiger partial charge >= 0.3 is 5.97 Å². The standard InChI is InChI=1S/C13H11F2NO2S/c1-6-4-5-8(10(15)9(6)14)12-11(13(17)18-3)16-7(2)19-12/h4-5H,1-3H3. The number of aryl methyl sites for hydroxylation is 2. The molecular formula is C13H11F2NO2S. The molecule has 19 heavy (non-hydrogen) atoms. The molecule has 0 N–H and O–H groups in total. The first kappa shape index (κ1) is 13.6. The Balaban J connectivity index is 2.66. The molecule has 1 aromatic heterocycles. The van der Waals surface area contributed by atoms with Gasteiger partial charge in [-0.25, -0.2) is 18.6 Å². The van der Waals surface area contributed by atoms with Gasteiger partial charge in [0.25, 0.3) is 0 Å². The van der Waals surface area contributed by atoms with Crippen LogP contribution in [-0.4, -0.2) is 18.1 Å². The average molecular weight is 283 g/mol. The minimum Gasteiger partial charge on any atom is -0.464 e. The van der Waals surface area contributed by atoms with E-state index in [1.54, 1.807) is 6.92 Å². The predicted molar refractivity (Wildman–Crippen MR) is 68.3 cm³/mol. The van der Waals surface area contributed by atoms with E-state index in [2.05, 4.69) is 9.72 Å². The Morgan fingerprint density at radius 2 is 1.95 bits per heavy atom. The Morgan fingerprint density at radius 3 is 2.58 bits per heavy atom. The molecule has 0 aliphatic rings. The summed E-state index contributed by atoms with van der Waals surface area (Å²) in [5.74, 6) is -2.56. The van der Waals surface area contributed by atoms with Gasteiger partial charge in [-0.15, -0.1) is 11.3 Å². The molecule has 0 fully saturated rings. The van der Waals surface area contributed by atoms with E-state index < -0.39 is 17.6 Å². The molecule has 0 atom stereocenters. The van der Waals surface area contributed by atoms with E-state index in [-0.39, 0.29) is 21.7 Å². The Hall–Kier alpha value is -1.82. The number of rotatable bonds is 2. The van der Waals surface area contributed by atoms with Crippen LogP contribution in [0.15, 0.2) is 12.1 Å². The fourth-order valence-corrected chi connectivity index (χ4v) is 2.59. The van der Waals surface area contributed by atoms with Gasteiger partial charge in [-0.2, -0.15) is 0 Å². The molecule has 0 aliphatic carbocycles. The molecule has 3 nitrogen and oxygen atoms in total.